The van der Waals surface area contributed by atoms with E-state index in [0.29, 0.717) is 44.2 Å². The maximum Gasteiger partial charge on any atom is 0.410 e. The molecule has 1 aromatic rings. The van der Waals surface area contributed by atoms with Gasteiger partial charge in [0.2, 0.25) is 0 Å². The number of alkyl halides is 2. The van der Waals surface area contributed by atoms with Crippen LogP contribution in [-0.4, -0.2) is 86.3 Å². The van der Waals surface area contributed by atoms with Gasteiger partial charge in [0, 0.05) is 73.8 Å². The van der Waals surface area contributed by atoms with Crippen LogP contribution in [0.25, 0.3) is 0 Å². The molecule has 4 N–H and O–H groups in total. The van der Waals surface area contributed by atoms with Crippen molar-refractivity contribution >= 4 is 18.0 Å². The van der Waals surface area contributed by atoms with Gasteiger partial charge < -0.3 is 30.9 Å². The number of carbonyl (C=O) groups excluding carboxylic acids is 1. The van der Waals surface area contributed by atoms with Gasteiger partial charge in [0.25, 0.3) is 6.43 Å². The molecule has 4 aliphatic rings. The molecular formula is C30H45F2N7O2. The second-order valence-electron chi connectivity index (χ2n) is 12.7. The molecule has 0 radical (unpaired) electrons. The third kappa shape index (κ3) is 6.77. The fraction of sp³-hybridized carbons (Fsp3) is 0.667. The van der Waals surface area contributed by atoms with Gasteiger partial charge in [-0.1, -0.05) is 6.07 Å². The Bertz CT molecular complexity index is 1180. The molecule has 0 aliphatic carbocycles. The Morgan fingerprint density at radius 1 is 1.20 bits per heavy atom. The number of nitrogens with zero attached hydrogens (tertiary/aromatic N) is 4. The first-order valence-corrected chi connectivity index (χ1v) is 14.9. The maximum atomic E-state index is 14.4. The molecule has 1 saturated heterocycles. The number of nitrogens with one attached hydrogen (secondary N) is 2. The molecule has 226 valence electrons. The molecule has 0 aromatic heterocycles. The van der Waals surface area contributed by atoms with E-state index in [2.05, 4.69) is 20.6 Å². The molecule has 4 heterocycles. The van der Waals surface area contributed by atoms with Gasteiger partial charge >= 0.3 is 6.09 Å². The van der Waals surface area contributed by atoms with E-state index in [-0.39, 0.29) is 17.6 Å². The first-order chi connectivity index (χ1) is 19.5. The van der Waals surface area contributed by atoms with Crippen LogP contribution >= 0.6 is 0 Å². The van der Waals surface area contributed by atoms with Crippen molar-refractivity contribution in [2.45, 2.75) is 83.0 Å². The van der Waals surface area contributed by atoms with Crippen LogP contribution in [0.1, 0.15) is 75.5 Å². The van der Waals surface area contributed by atoms with Crippen LogP contribution in [0.2, 0.25) is 0 Å². The van der Waals surface area contributed by atoms with Gasteiger partial charge in [-0.25, -0.2) is 13.6 Å². The quantitative estimate of drug-likeness (QED) is 0.475. The van der Waals surface area contributed by atoms with Gasteiger partial charge in [0.05, 0.1) is 6.54 Å². The third-order valence-corrected chi connectivity index (χ3v) is 8.42. The lowest BCUT2D eigenvalue weighted by Crippen LogP contribution is -2.53. The van der Waals surface area contributed by atoms with E-state index < -0.39 is 18.2 Å². The summed E-state index contributed by atoms with van der Waals surface area (Å²) in [5.41, 5.74) is 10.9. The lowest BCUT2D eigenvalue weighted by Gasteiger charge is -2.42. The number of fused-ring (bicyclic) bond motifs is 1. The number of hydrogen-bond acceptors (Lipinski definition) is 8. The first-order valence-electron chi connectivity index (χ1n) is 14.9. The predicted octanol–water partition coefficient (Wildman–Crippen LogP) is 3.91. The van der Waals surface area contributed by atoms with E-state index in [4.69, 9.17) is 10.5 Å². The van der Waals surface area contributed by atoms with Crippen molar-refractivity contribution in [3.63, 3.8) is 0 Å². The highest BCUT2D eigenvalue weighted by molar-refractivity contribution is 5.73. The van der Waals surface area contributed by atoms with Gasteiger partial charge in [-0.3, -0.25) is 5.01 Å². The number of hydrogen-bond donors (Lipinski definition) is 3. The van der Waals surface area contributed by atoms with Crippen LogP contribution in [0.4, 0.5) is 19.3 Å². The predicted molar refractivity (Wildman–Crippen MR) is 157 cm³/mol. The Morgan fingerprint density at radius 3 is 2.61 bits per heavy atom. The lowest BCUT2D eigenvalue weighted by molar-refractivity contribution is 0.0254. The number of halogens is 2. The zero-order valence-electron chi connectivity index (χ0n) is 24.8. The van der Waals surface area contributed by atoms with Crippen molar-refractivity contribution in [3.8, 4) is 0 Å². The number of likely N-dealkylation sites (N-methyl/N-ethyl adjacent to an activating group) is 1. The topological polar surface area (TPSA) is 98.5 Å². The van der Waals surface area contributed by atoms with Gasteiger partial charge in [-0.05, 0) is 76.7 Å². The van der Waals surface area contributed by atoms with Gasteiger partial charge in [0.15, 0.2) is 0 Å². The molecule has 1 aromatic carbocycles. The average Bonchev–Trinajstić information content (AvgIpc) is 3.37. The van der Waals surface area contributed by atoms with Crippen molar-refractivity contribution in [1.82, 2.24) is 20.5 Å². The number of carbonyl (C=O) groups is 1. The monoisotopic (exact) mass is 573 g/mol. The number of benzene rings is 1. The normalized spacial score (nSPS) is 22.8. The molecule has 9 nitrogen and oxygen atoms in total. The zero-order valence-corrected chi connectivity index (χ0v) is 24.8. The van der Waals surface area contributed by atoms with E-state index in [1.54, 1.807) is 22.2 Å². The molecule has 5 rings (SSSR count). The highest BCUT2D eigenvalue weighted by atomic mass is 19.3. The molecule has 0 saturated carbocycles. The summed E-state index contributed by atoms with van der Waals surface area (Å²) in [7, 11) is 1.85. The Labute approximate surface area is 242 Å². The average molecular weight is 574 g/mol. The molecule has 11 heteroatoms. The van der Waals surface area contributed by atoms with Gasteiger partial charge in [0.1, 0.15) is 11.8 Å². The Hall–Kier alpha value is -2.92. The van der Waals surface area contributed by atoms with E-state index in [9.17, 15) is 13.6 Å². The number of aryl methyl sites for hydroxylation is 1. The van der Waals surface area contributed by atoms with E-state index in [0.717, 1.165) is 61.3 Å². The second-order valence-corrected chi connectivity index (χ2v) is 12.7. The standard InChI is InChI=1S/C30H45F2N7O2/c1-30(2,3)41-29(40)38-13-9-25(36-21-7-10-34-11-8-21)24(18-38)28(33)39-12-5-6-19-14-22(20-16-35-37(4)17-20)23(27(31)32)15-26(19)39/h14-16,20-21,27-28,34,36H,5-13,17-18,33H2,1-4H3. The molecule has 0 spiro atoms. The summed E-state index contributed by atoms with van der Waals surface area (Å²) < 4.78 is 34.6. The van der Waals surface area contributed by atoms with Crippen LogP contribution in [0.15, 0.2) is 28.5 Å². The molecule has 41 heavy (non-hydrogen) atoms. The minimum absolute atomic E-state index is 0.0376. The van der Waals surface area contributed by atoms with E-state index >= 15 is 0 Å². The Balaban J connectivity index is 1.47. The molecule has 1 amide bonds. The molecule has 0 bridgehead atoms. The fourth-order valence-electron chi connectivity index (χ4n) is 6.35. The Morgan fingerprint density at radius 2 is 1.95 bits per heavy atom. The van der Waals surface area contributed by atoms with Crippen molar-refractivity contribution in [3.05, 3.63) is 40.1 Å². The van der Waals surface area contributed by atoms with Gasteiger partial charge in [-0.15, -0.1) is 0 Å². The van der Waals surface area contributed by atoms with Crippen LogP contribution in [0.3, 0.4) is 0 Å². The molecule has 4 aliphatic heterocycles. The van der Waals surface area contributed by atoms with E-state index in [1.807, 2.05) is 33.9 Å². The number of hydrazone groups is 1. The number of anilines is 1. The van der Waals surface area contributed by atoms with Gasteiger partial charge in [-0.2, -0.15) is 5.10 Å². The summed E-state index contributed by atoms with van der Waals surface area (Å²) >= 11 is 0. The molecular weight excluding hydrogens is 528 g/mol. The summed E-state index contributed by atoms with van der Waals surface area (Å²) in [5.74, 6) is -0.164. The highest BCUT2D eigenvalue weighted by Crippen LogP contribution is 2.39. The largest absolute Gasteiger partial charge is 0.444 e. The Kier molecular flexibility index (Phi) is 8.75. The minimum Gasteiger partial charge on any atom is -0.444 e. The summed E-state index contributed by atoms with van der Waals surface area (Å²) in [4.78, 5) is 16.8. The number of ether oxygens (including phenoxy) is 1. The number of rotatable bonds is 6. The number of nitrogens with two attached hydrogens (primary N) is 1. The van der Waals surface area contributed by atoms with Crippen LogP contribution in [0.5, 0.6) is 0 Å². The third-order valence-electron chi connectivity index (χ3n) is 8.42. The summed E-state index contributed by atoms with van der Waals surface area (Å²) in [6, 6.07) is 3.92. The zero-order chi connectivity index (χ0) is 29.3. The smallest absolute Gasteiger partial charge is 0.410 e. The molecule has 2 unspecified atom stereocenters. The second kappa shape index (κ2) is 12.1. The van der Waals surface area contributed by atoms with Crippen molar-refractivity contribution in [2.24, 2.45) is 10.8 Å². The first kappa shape index (κ1) is 29.6. The van der Waals surface area contributed by atoms with Crippen molar-refractivity contribution in [1.29, 1.82) is 0 Å². The van der Waals surface area contributed by atoms with Crippen molar-refractivity contribution in [2.75, 3.05) is 51.2 Å². The fourth-order valence-corrected chi connectivity index (χ4v) is 6.35. The lowest BCUT2D eigenvalue weighted by atomic mass is 9.88. The maximum absolute atomic E-state index is 14.4. The minimum atomic E-state index is -2.61. The molecule has 1 fully saturated rings. The van der Waals surface area contributed by atoms with Crippen LogP contribution < -0.4 is 21.3 Å². The van der Waals surface area contributed by atoms with Crippen molar-refractivity contribution < 1.29 is 18.3 Å². The summed E-state index contributed by atoms with van der Waals surface area (Å²) in [6.45, 7) is 9.59. The van der Waals surface area contributed by atoms with Crippen LogP contribution in [0, 0.1) is 0 Å². The van der Waals surface area contributed by atoms with E-state index in [1.165, 1.54) is 0 Å². The number of piperidine rings is 1. The SMILES string of the molecule is CN1CC(c2cc3c(cc2C(F)F)N(C(N)C2=C(NC4CCNCC4)CCN(C(=O)OC(C)(C)C)C2)CCC3)C=N1. The summed E-state index contributed by atoms with van der Waals surface area (Å²) in [6.07, 6.45) is 2.55. The summed E-state index contributed by atoms with van der Waals surface area (Å²) in [5, 5.41) is 13.2. The van der Waals surface area contributed by atoms with Crippen LogP contribution in [-0.2, 0) is 11.2 Å². The highest BCUT2D eigenvalue weighted by Gasteiger charge is 2.35. The number of amides is 1. The molecule has 2 atom stereocenters.